The SMILES string of the molecule is CCOc1ccccc1-c1nc2[nH]cc(C)c2c(=O)[nH]1. The Hall–Kier alpha value is -2.56. The normalized spacial score (nSPS) is 10.9. The van der Waals surface area contributed by atoms with Crippen LogP contribution in [0.15, 0.2) is 35.3 Å². The molecule has 0 atom stereocenters. The van der Waals surface area contributed by atoms with Crippen molar-refractivity contribution >= 4 is 11.0 Å². The number of nitrogens with one attached hydrogen (secondary N) is 2. The van der Waals surface area contributed by atoms with Gasteiger partial charge >= 0.3 is 0 Å². The van der Waals surface area contributed by atoms with Gasteiger partial charge in [-0.3, -0.25) is 4.79 Å². The van der Waals surface area contributed by atoms with Crippen LogP contribution in [0.3, 0.4) is 0 Å². The molecule has 1 aromatic carbocycles. The highest BCUT2D eigenvalue weighted by Crippen LogP contribution is 2.27. The van der Waals surface area contributed by atoms with Crippen LogP contribution in [0, 0.1) is 6.92 Å². The molecule has 0 bridgehead atoms. The summed E-state index contributed by atoms with van der Waals surface area (Å²) in [4.78, 5) is 22.5. The lowest BCUT2D eigenvalue weighted by Gasteiger charge is -2.09. The molecule has 2 N–H and O–H groups in total. The van der Waals surface area contributed by atoms with Gasteiger partial charge in [-0.1, -0.05) is 12.1 Å². The fourth-order valence-corrected chi connectivity index (χ4v) is 2.26. The highest BCUT2D eigenvalue weighted by molar-refractivity contribution is 5.80. The Morgan fingerprint density at radius 3 is 2.90 bits per heavy atom. The molecule has 0 aliphatic rings. The predicted molar refractivity (Wildman–Crippen MR) is 78.1 cm³/mol. The highest BCUT2D eigenvalue weighted by atomic mass is 16.5. The van der Waals surface area contributed by atoms with E-state index in [0.29, 0.717) is 29.2 Å². The Bertz CT molecular complexity index is 817. The molecule has 0 saturated carbocycles. The van der Waals surface area contributed by atoms with E-state index in [4.69, 9.17) is 4.74 Å². The third kappa shape index (κ3) is 1.97. The van der Waals surface area contributed by atoms with Crippen molar-refractivity contribution in [1.29, 1.82) is 0 Å². The summed E-state index contributed by atoms with van der Waals surface area (Å²) < 4.78 is 5.58. The number of H-pyrrole nitrogens is 2. The van der Waals surface area contributed by atoms with Gasteiger partial charge in [-0.25, -0.2) is 4.98 Å². The van der Waals surface area contributed by atoms with Gasteiger partial charge in [0.05, 0.1) is 17.6 Å². The fraction of sp³-hybridized carbons (Fsp3) is 0.200. The quantitative estimate of drug-likeness (QED) is 0.767. The molecule has 0 aliphatic carbocycles. The first kappa shape index (κ1) is 12.5. The average Bonchev–Trinajstić information content (AvgIpc) is 2.82. The minimum absolute atomic E-state index is 0.143. The van der Waals surface area contributed by atoms with E-state index in [1.807, 2.05) is 38.1 Å². The number of nitrogens with zero attached hydrogens (tertiary/aromatic N) is 1. The summed E-state index contributed by atoms with van der Waals surface area (Å²) in [5.74, 6) is 1.22. The molecule has 2 heterocycles. The van der Waals surface area contributed by atoms with Gasteiger partial charge in [0, 0.05) is 6.20 Å². The summed E-state index contributed by atoms with van der Waals surface area (Å²) in [7, 11) is 0. The van der Waals surface area contributed by atoms with Crippen molar-refractivity contribution in [2.45, 2.75) is 13.8 Å². The van der Waals surface area contributed by atoms with E-state index < -0.39 is 0 Å². The van der Waals surface area contributed by atoms with Crippen molar-refractivity contribution in [3.05, 3.63) is 46.4 Å². The maximum atomic E-state index is 12.2. The van der Waals surface area contributed by atoms with Crippen LogP contribution < -0.4 is 10.3 Å². The third-order valence-electron chi connectivity index (χ3n) is 3.18. The minimum atomic E-state index is -0.143. The smallest absolute Gasteiger partial charge is 0.260 e. The molecule has 0 fully saturated rings. The Kier molecular flexibility index (Phi) is 3.02. The lowest BCUT2D eigenvalue weighted by atomic mass is 10.2. The van der Waals surface area contributed by atoms with E-state index in [1.54, 1.807) is 6.20 Å². The zero-order valence-corrected chi connectivity index (χ0v) is 11.4. The molecule has 5 heteroatoms. The Morgan fingerprint density at radius 1 is 1.30 bits per heavy atom. The van der Waals surface area contributed by atoms with Crippen molar-refractivity contribution in [2.24, 2.45) is 0 Å². The predicted octanol–water partition coefficient (Wildman–Crippen LogP) is 2.63. The second-order valence-corrected chi connectivity index (χ2v) is 4.54. The van der Waals surface area contributed by atoms with Gasteiger partial charge < -0.3 is 14.7 Å². The van der Waals surface area contributed by atoms with Gasteiger partial charge in [-0.15, -0.1) is 0 Å². The standard InChI is InChI=1S/C15H15N3O2/c1-3-20-11-7-5-4-6-10(11)13-17-14-12(15(19)18-13)9(2)8-16-14/h4-8H,3H2,1-2H3,(H2,16,17,18,19). The average molecular weight is 269 g/mol. The van der Waals surface area contributed by atoms with E-state index in [2.05, 4.69) is 15.0 Å². The number of benzene rings is 1. The summed E-state index contributed by atoms with van der Waals surface area (Å²) in [5.41, 5.74) is 2.11. The molecule has 20 heavy (non-hydrogen) atoms. The molecule has 2 aromatic heterocycles. The van der Waals surface area contributed by atoms with Crippen LogP contribution >= 0.6 is 0 Å². The monoisotopic (exact) mass is 269 g/mol. The van der Waals surface area contributed by atoms with Crippen molar-refractivity contribution in [1.82, 2.24) is 15.0 Å². The maximum absolute atomic E-state index is 12.2. The number of hydrogen-bond donors (Lipinski definition) is 2. The first-order valence-corrected chi connectivity index (χ1v) is 6.51. The number of aromatic amines is 2. The summed E-state index contributed by atoms with van der Waals surface area (Å²) >= 11 is 0. The van der Waals surface area contributed by atoms with E-state index in [0.717, 1.165) is 11.1 Å². The van der Waals surface area contributed by atoms with Gasteiger partial charge in [0.1, 0.15) is 17.2 Å². The third-order valence-corrected chi connectivity index (χ3v) is 3.18. The van der Waals surface area contributed by atoms with E-state index in [-0.39, 0.29) is 5.56 Å². The van der Waals surface area contributed by atoms with Crippen molar-refractivity contribution in [3.63, 3.8) is 0 Å². The van der Waals surface area contributed by atoms with Crippen molar-refractivity contribution in [2.75, 3.05) is 6.61 Å². The largest absolute Gasteiger partial charge is 0.493 e. The molecule has 5 nitrogen and oxygen atoms in total. The number of aromatic nitrogens is 3. The summed E-state index contributed by atoms with van der Waals surface area (Å²) in [6.45, 7) is 4.36. The second kappa shape index (κ2) is 4.85. The number of rotatable bonds is 3. The molecule has 3 aromatic rings. The molecule has 0 unspecified atom stereocenters. The fourth-order valence-electron chi connectivity index (χ4n) is 2.26. The first-order chi connectivity index (χ1) is 9.70. The first-order valence-electron chi connectivity index (χ1n) is 6.51. The molecule has 0 spiro atoms. The lowest BCUT2D eigenvalue weighted by Crippen LogP contribution is -2.10. The van der Waals surface area contributed by atoms with E-state index in [1.165, 1.54) is 0 Å². The molecule has 102 valence electrons. The zero-order valence-electron chi connectivity index (χ0n) is 11.4. The van der Waals surface area contributed by atoms with Crippen LogP contribution in [0.5, 0.6) is 5.75 Å². The van der Waals surface area contributed by atoms with Gasteiger partial charge in [-0.05, 0) is 31.5 Å². The number of ether oxygens (including phenoxy) is 1. The number of hydrogen-bond acceptors (Lipinski definition) is 3. The van der Waals surface area contributed by atoms with Crippen molar-refractivity contribution < 1.29 is 4.74 Å². The van der Waals surface area contributed by atoms with Crippen LogP contribution in [0.25, 0.3) is 22.4 Å². The van der Waals surface area contributed by atoms with Crippen LogP contribution in [-0.2, 0) is 0 Å². The van der Waals surface area contributed by atoms with Crippen LogP contribution in [0.2, 0.25) is 0 Å². The van der Waals surface area contributed by atoms with E-state index in [9.17, 15) is 4.79 Å². The highest BCUT2D eigenvalue weighted by Gasteiger charge is 2.12. The van der Waals surface area contributed by atoms with Crippen molar-refractivity contribution in [3.8, 4) is 17.1 Å². The molecule has 0 saturated heterocycles. The number of para-hydroxylation sites is 1. The maximum Gasteiger partial charge on any atom is 0.260 e. The van der Waals surface area contributed by atoms with Gasteiger partial charge in [0.15, 0.2) is 0 Å². The van der Waals surface area contributed by atoms with Crippen LogP contribution in [-0.4, -0.2) is 21.6 Å². The molecule has 0 aliphatic heterocycles. The topological polar surface area (TPSA) is 70.8 Å². The van der Waals surface area contributed by atoms with Crippen LogP contribution in [0.1, 0.15) is 12.5 Å². The zero-order chi connectivity index (χ0) is 14.1. The van der Waals surface area contributed by atoms with E-state index >= 15 is 0 Å². The summed E-state index contributed by atoms with van der Waals surface area (Å²) in [6.07, 6.45) is 1.78. The molecule has 0 radical (unpaired) electrons. The number of aryl methyl sites for hydroxylation is 1. The van der Waals surface area contributed by atoms with Gasteiger partial charge in [0.25, 0.3) is 5.56 Å². The number of fused-ring (bicyclic) bond motifs is 1. The van der Waals surface area contributed by atoms with Gasteiger partial charge in [-0.2, -0.15) is 0 Å². The lowest BCUT2D eigenvalue weighted by molar-refractivity contribution is 0.341. The Labute approximate surface area is 115 Å². The molecule has 0 amide bonds. The Morgan fingerprint density at radius 2 is 2.10 bits per heavy atom. The Balaban J connectivity index is 2.23. The molecular formula is C15H15N3O2. The van der Waals surface area contributed by atoms with Crippen LogP contribution in [0.4, 0.5) is 0 Å². The summed E-state index contributed by atoms with van der Waals surface area (Å²) in [5, 5.41) is 0.600. The molecule has 3 rings (SSSR count). The molecular weight excluding hydrogens is 254 g/mol. The minimum Gasteiger partial charge on any atom is -0.493 e. The van der Waals surface area contributed by atoms with Gasteiger partial charge in [0.2, 0.25) is 0 Å². The summed E-state index contributed by atoms with van der Waals surface area (Å²) in [6, 6.07) is 7.53. The second-order valence-electron chi connectivity index (χ2n) is 4.54.